The number of rotatable bonds is 2. The van der Waals surface area contributed by atoms with E-state index in [0.717, 1.165) is 43.4 Å². The van der Waals surface area contributed by atoms with Gasteiger partial charge in [-0.05, 0) is 37.5 Å². The van der Waals surface area contributed by atoms with Crippen molar-refractivity contribution in [1.82, 2.24) is 4.98 Å². The molecule has 16 heavy (non-hydrogen) atoms. The molecular weight excluding hydrogens is 202 g/mol. The van der Waals surface area contributed by atoms with E-state index in [1.54, 1.807) is 6.20 Å². The highest BCUT2D eigenvalue weighted by molar-refractivity contribution is 5.81. The molecule has 2 rings (SSSR count). The second kappa shape index (κ2) is 4.24. The summed E-state index contributed by atoms with van der Waals surface area (Å²) in [7, 11) is 0. The van der Waals surface area contributed by atoms with Crippen LogP contribution in [0.2, 0.25) is 0 Å². The van der Waals surface area contributed by atoms with Crippen LogP contribution in [-0.2, 0) is 10.2 Å². The molecule has 0 aromatic carbocycles. The number of aliphatic carboxylic acids is 1. The van der Waals surface area contributed by atoms with Crippen molar-refractivity contribution in [2.24, 2.45) is 0 Å². The number of hydrogen-bond donors (Lipinski definition) is 1. The number of aromatic nitrogens is 1. The van der Waals surface area contributed by atoms with Gasteiger partial charge in [0.05, 0.1) is 5.41 Å². The van der Waals surface area contributed by atoms with Crippen molar-refractivity contribution in [3.63, 3.8) is 0 Å². The molecule has 1 aliphatic rings. The minimum absolute atomic E-state index is 0.661. The third kappa shape index (κ3) is 1.82. The van der Waals surface area contributed by atoms with E-state index in [1.165, 1.54) is 0 Å². The predicted octanol–water partition coefficient (Wildman–Crippen LogP) is 2.68. The Morgan fingerprint density at radius 1 is 1.38 bits per heavy atom. The highest BCUT2D eigenvalue weighted by Gasteiger charge is 2.41. The van der Waals surface area contributed by atoms with E-state index in [0.29, 0.717) is 0 Å². The summed E-state index contributed by atoms with van der Waals surface area (Å²) in [5.41, 5.74) is 1.15. The van der Waals surface area contributed by atoms with E-state index in [2.05, 4.69) is 4.98 Å². The summed E-state index contributed by atoms with van der Waals surface area (Å²) in [4.78, 5) is 15.7. The molecule has 0 spiro atoms. The van der Waals surface area contributed by atoms with Gasteiger partial charge in [-0.25, -0.2) is 0 Å². The standard InChI is InChI=1S/C13H17NO2/c1-10-9-11(5-8-14-10)13(12(15)16)6-3-2-4-7-13/h5,8-9H,2-4,6-7H2,1H3,(H,15,16). The Morgan fingerprint density at radius 3 is 2.62 bits per heavy atom. The molecule has 1 aromatic rings. The molecule has 1 heterocycles. The first kappa shape index (κ1) is 11.1. The van der Waals surface area contributed by atoms with Gasteiger partial charge in [-0.1, -0.05) is 19.3 Å². The Morgan fingerprint density at radius 2 is 2.06 bits per heavy atom. The monoisotopic (exact) mass is 219 g/mol. The van der Waals surface area contributed by atoms with Crippen molar-refractivity contribution < 1.29 is 9.90 Å². The summed E-state index contributed by atoms with van der Waals surface area (Å²) in [6.45, 7) is 1.90. The van der Waals surface area contributed by atoms with E-state index in [-0.39, 0.29) is 0 Å². The second-order valence-electron chi connectivity index (χ2n) is 4.63. The minimum atomic E-state index is -0.683. The molecule has 0 bridgehead atoms. The fourth-order valence-corrected chi connectivity index (χ4v) is 2.62. The summed E-state index contributed by atoms with van der Waals surface area (Å²) in [6.07, 6.45) is 6.39. The normalized spacial score (nSPS) is 19.3. The number of carboxylic acids is 1. The van der Waals surface area contributed by atoms with Gasteiger partial charge in [0.15, 0.2) is 0 Å². The molecule has 1 N–H and O–H groups in total. The lowest BCUT2D eigenvalue weighted by atomic mass is 9.69. The molecule has 0 saturated heterocycles. The SMILES string of the molecule is Cc1cc(C2(C(=O)O)CCCCC2)ccn1. The molecule has 0 aliphatic heterocycles. The van der Waals surface area contributed by atoms with Gasteiger partial charge in [-0.3, -0.25) is 9.78 Å². The first-order chi connectivity index (χ1) is 7.65. The maximum Gasteiger partial charge on any atom is 0.314 e. The molecule has 0 radical (unpaired) electrons. The topological polar surface area (TPSA) is 50.2 Å². The van der Waals surface area contributed by atoms with Crippen LogP contribution in [0.25, 0.3) is 0 Å². The number of aryl methyl sites for hydroxylation is 1. The fourth-order valence-electron chi connectivity index (χ4n) is 2.62. The molecule has 1 saturated carbocycles. The third-order valence-electron chi connectivity index (χ3n) is 3.57. The number of hydrogen-bond acceptors (Lipinski definition) is 2. The Hall–Kier alpha value is -1.38. The largest absolute Gasteiger partial charge is 0.481 e. The molecular formula is C13H17NO2. The molecule has 1 fully saturated rings. The zero-order chi connectivity index (χ0) is 11.6. The van der Waals surface area contributed by atoms with Crippen molar-refractivity contribution in [1.29, 1.82) is 0 Å². The van der Waals surface area contributed by atoms with E-state index in [1.807, 2.05) is 19.1 Å². The summed E-state index contributed by atoms with van der Waals surface area (Å²) < 4.78 is 0. The van der Waals surface area contributed by atoms with Crippen molar-refractivity contribution >= 4 is 5.97 Å². The quantitative estimate of drug-likeness (QED) is 0.832. The maximum atomic E-state index is 11.6. The molecule has 0 atom stereocenters. The summed E-state index contributed by atoms with van der Waals surface area (Å²) in [6, 6.07) is 3.77. The zero-order valence-corrected chi connectivity index (χ0v) is 9.57. The first-order valence-corrected chi connectivity index (χ1v) is 5.82. The summed E-state index contributed by atoms with van der Waals surface area (Å²) >= 11 is 0. The number of carboxylic acid groups (broad SMARTS) is 1. The van der Waals surface area contributed by atoms with Gasteiger partial charge in [-0.15, -0.1) is 0 Å². The highest BCUT2D eigenvalue weighted by atomic mass is 16.4. The van der Waals surface area contributed by atoms with Gasteiger partial charge in [0.1, 0.15) is 0 Å². The number of nitrogens with zero attached hydrogens (tertiary/aromatic N) is 1. The summed E-state index contributed by atoms with van der Waals surface area (Å²) in [5.74, 6) is -0.683. The average Bonchev–Trinajstić information content (AvgIpc) is 2.30. The maximum absolute atomic E-state index is 11.6. The molecule has 1 aliphatic carbocycles. The zero-order valence-electron chi connectivity index (χ0n) is 9.57. The van der Waals surface area contributed by atoms with E-state index < -0.39 is 11.4 Å². The Bertz CT molecular complexity index is 395. The van der Waals surface area contributed by atoms with Crippen LogP contribution in [0.5, 0.6) is 0 Å². The van der Waals surface area contributed by atoms with Crippen molar-refractivity contribution in [2.75, 3.05) is 0 Å². The minimum Gasteiger partial charge on any atom is -0.481 e. The first-order valence-electron chi connectivity index (χ1n) is 5.82. The van der Waals surface area contributed by atoms with Crippen LogP contribution in [0.4, 0.5) is 0 Å². The average molecular weight is 219 g/mol. The number of pyridine rings is 1. The van der Waals surface area contributed by atoms with Gasteiger partial charge < -0.3 is 5.11 Å². The van der Waals surface area contributed by atoms with Crippen LogP contribution in [0.1, 0.15) is 43.4 Å². The second-order valence-corrected chi connectivity index (χ2v) is 4.63. The van der Waals surface area contributed by atoms with Gasteiger partial charge in [-0.2, -0.15) is 0 Å². The van der Waals surface area contributed by atoms with E-state index in [4.69, 9.17) is 0 Å². The van der Waals surface area contributed by atoms with Gasteiger partial charge in [0, 0.05) is 11.9 Å². The molecule has 1 aromatic heterocycles. The third-order valence-corrected chi connectivity index (χ3v) is 3.57. The Balaban J connectivity index is 2.42. The molecule has 3 heteroatoms. The van der Waals surface area contributed by atoms with Crippen LogP contribution in [0.15, 0.2) is 18.3 Å². The van der Waals surface area contributed by atoms with Crippen LogP contribution in [-0.4, -0.2) is 16.1 Å². The Kier molecular flexibility index (Phi) is 2.95. The lowest BCUT2D eigenvalue weighted by molar-refractivity contribution is -0.145. The highest BCUT2D eigenvalue weighted by Crippen LogP contribution is 2.39. The molecule has 86 valence electrons. The van der Waals surface area contributed by atoms with Crippen LogP contribution < -0.4 is 0 Å². The fraction of sp³-hybridized carbons (Fsp3) is 0.538. The van der Waals surface area contributed by atoms with Crippen LogP contribution >= 0.6 is 0 Å². The van der Waals surface area contributed by atoms with Gasteiger partial charge >= 0.3 is 5.97 Å². The molecule has 3 nitrogen and oxygen atoms in total. The van der Waals surface area contributed by atoms with Crippen molar-refractivity contribution in [2.45, 2.75) is 44.4 Å². The molecule has 0 unspecified atom stereocenters. The van der Waals surface area contributed by atoms with Crippen LogP contribution in [0, 0.1) is 6.92 Å². The van der Waals surface area contributed by atoms with Gasteiger partial charge in [0.2, 0.25) is 0 Å². The number of carbonyl (C=O) groups is 1. The lowest BCUT2D eigenvalue weighted by Crippen LogP contribution is -2.37. The van der Waals surface area contributed by atoms with Gasteiger partial charge in [0.25, 0.3) is 0 Å². The van der Waals surface area contributed by atoms with E-state index >= 15 is 0 Å². The predicted molar refractivity (Wildman–Crippen MR) is 61.4 cm³/mol. The van der Waals surface area contributed by atoms with Crippen LogP contribution in [0.3, 0.4) is 0 Å². The lowest BCUT2D eigenvalue weighted by Gasteiger charge is -2.33. The van der Waals surface area contributed by atoms with Crippen molar-refractivity contribution in [3.8, 4) is 0 Å². The smallest absolute Gasteiger partial charge is 0.314 e. The molecule has 0 amide bonds. The van der Waals surface area contributed by atoms with E-state index in [9.17, 15) is 9.90 Å². The summed E-state index contributed by atoms with van der Waals surface area (Å²) in [5, 5.41) is 9.51. The van der Waals surface area contributed by atoms with Crippen molar-refractivity contribution in [3.05, 3.63) is 29.6 Å². The Labute approximate surface area is 95.5 Å².